The van der Waals surface area contributed by atoms with Gasteiger partial charge in [0.15, 0.2) is 15.8 Å². The summed E-state index contributed by atoms with van der Waals surface area (Å²) in [5, 5.41) is 3.43. The quantitative estimate of drug-likeness (QED) is 0.631. The van der Waals surface area contributed by atoms with E-state index in [2.05, 4.69) is 24.1 Å². The molecule has 0 saturated carbocycles. The molecule has 0 aromatic carbocycles. The zero-order valence-corrected chi connectivity index (χ0v) is 14.2. The second kappa shape index (κ2) is 7.47. The minimum Gasteiger partial charge on any atom is -0.356 e. The van der Waals surface area contributed by atoms with Gasteiger partial charge in [0.2, 0.25) is 0 Å². The number of guanidine groups is 1. The molecule has 0 aromatic rings. The van der Waals surface area contributed by atoms with Crippen LogP contribution in [0.15, 0.2) is 4.99 Å². The molecule has 122 valence electrons. The molecule has 1 atom stereocenters. The predicted molar refractivity (Wildman–Crippen MR) is 87.3 cm³/mol. The SMILES string of the molecule is CCCNC(=NCC1CCS(=O)(=O)C1)N1CCC(C)CC1. The molecular formula is C15H29N3O2S. The van der Waals surface area contributed by atoms with E-state index in [-0.39, 0.29) is 5.92 Å². The first-order chi connectivity index (χ1) is 10.00. The van der Waals surface area contributed by atoms with Crippen molar-refractivity contribution in [2.24, 2.45) is 16.8 Å². The normalized spacial score (nSPS) is 27.0. The van der Waals surface area contributed by atoms with Crippen molar-refractivity contribution in [1.82, 2.24) is 10.2 Å². The molecule has 2 saturated heterocycles. The minimum absolute atomic E-state index is 0.206. The van der Waals surface area contributed by atoms with E-state index in [9.17, 15) is 8.42 Å². The zero-order chi connectivity index (χ0) is 15.3. The van der Waals surface area contributed by atoms with E-state index in [0.717, 1.165) is 44.4 Å². The Balaban J connectivity index is 1.93. The summed E-state index contributed by atoms with van der Waals surface area (Å²) in [7, 11) is -2.80. The molecule has 6 heteroatoms. The molecule has 0 aliphatic carbocycles. The molecule has 0 bridgehead atoms. The Bertz CT molecular complexity index is 454. The third kappa shape index (κ3) is 5.16. The van der Waals surface area contributed by atoms with E-state index in [1.54, 1.807) is 0 Å². The molecule has 0 radical (unpaired) electrons. The first-order valence-corrected chi connectivity index (χ1v) is 10.1. The van der Waals surface area contributed by atoms with Gasteiger partial charge in [-0.25, -0.2) is 8.42 Å². The van der Waals surface area contributed by atoms with Crippen molar-refractivity contribution in [2.45, 2.75) is 39.5 Å². The molecule has 1 unspecified atom stereocenters. The molecule has 2 fully saturated rings. The number of hydrogen-bond acceptors (Lipinski definition) is 3. The Labute approximate surface area is 129 Å². The molecule has 2 aliphatic heterocycles. The largest absolute Gasteiger partial charge is 0.356 e. The van der Waals surface area contributed by atoms with Gasteiger partial charge in [0, 0.05) is 26.2 Å². The van der Waals surface area contributed by atoms with Gasteiger partial charge in [-0.2, -0.15) is 0 Å². The summed E-state index contributed by atoms with van der Waals surface area (Å²) in [6.07, 6.45) is 4.26. The van der Waals surface area contributed by atoms with Crippen LogP contribution >= 0.6 is 0 Å². The lowest BCUT2D eigenvalue weighted by Crippen LogP contribution is -2.45. The van der Waals surface area contributed by atoms with Crippen molar-refractivity contribution in [3.63, 3.8) is 0 Å². The van der Waals surface area contributed by atoms with E-state index in [0.29, 0.717) is 18.1 Å². The monoisotopic (exact) mass is 315 g/mol. The van der Waals surface area contributed by atoms with E-state index >= 15 is 0 Å². The number of nitrogens with zero attached hydrogens (tertiary/aromatic N) is 2. The van der Waals surface area contributed by atoms with E-state index in [4.69, 9.17) is 4.99 Å². The molecule has 5 nitrogen and oxygen atoms in total. The van der Waals surface area contributed by atoms with Crippen molar-refractivity contribution < 1.29 is 8.42 Å². The summed E-state index contributed by atoms with van der Waals surface area (Å²) < 4.78 is 23.0. The number of nitrogens with one attached hydrogen (secondary N) is 1. The molecule has 0 spiro atoms. The molecule has 2 aliphatic rings. The lowest BCUT2D eigenvalue weighted by molar-refractivity contribution is 0.272. The fraction of sp³-hybridized carbons (Fsp3) is 0.933. The minimum atomic E-state index is -2.80. The molecule has 2 rings (SSSR count). The molecule has 21 heavy (non-hydrogen) atoms. The summed E-state index contributed by atoms with van der Waals surface area (Å²) in [6, 6.07) is 0. The highest BCUT2D eigenvalue weighted by Gasteiger charge is 2.28. The van der Waals surface area contributed by atoms with Crippen LogP contribution in [-0.2, 0) is 9.84 Å². The van der Waals surface area contributed by atoms with Crippen LogP contribution in [-0.4, -0.2) is 57.0 Å². The molecule has 1 N–H and O–H groups in total. The fourth-order valence-electron chi connectivity index (χ4n) is 2.96. The number of piperidine rings is 1. The van der Waals surface area contributed by atoms with Gasteiger partial charge in [0.25, 0.3) is 0 Å². The van der Waals surface area contributed by atoms with Crippen LogP contribution in [0.1, 0.15) is 39.5 Å². The summed E-state index contributed by atoms with van der Waals surface area (Å²) in [5.74, 6) is 2.64. The first kappa shape index (κ1) is 16.6. The van der Waals surface area contributed by atoms with Crippen LogP contribution < -0.4 is 5.32 Å². The Morgan fingerprint density at radius 3 is 2.57 bits per heavy atom. The average Bonchev–Trinajstić information content (AvgIpc) is 2.80. The Morgan fingerprint density at radius 1 is 1.29 bits per heavy atom. The van der Waals surface area contributed by atoms with E-state index < -0.39 is 9.84 Å². The topological polar surface area (TPSA) is 61.8 Å². The number of aliphatic imine (C=N–C) groups is 1. The van der Waals surface area contributed by atoms with Crippen LogP contribution in [0.2, 0.25) is 0 Å². The Morgan fingerprint density at radius 2 is 2.00 bits per heavy atom. The molecule has 0 aromatic heterocycles. The maximum absolute atomic E-state index is 11.5. The van der Waals surface area contributed by atoms with Crippen LogP contribution in [0.4, 0.5) is 0 Å². The van der Waals surface area contributed by atoms with Gasteiger partial charge in [-0.1, -0.05) is 13.8 Å². The van der Waals surface area contributed by atoms with Gasteiger partial charge in [0.1, 0.15) is 0 Å². The summed E-state index contributed by atoms with van der Waals surface area (Å²) >= 11 is 0. The van der Waals surface area contributed by atoms with Gasteiger partial charge >= 0.3 is 0 Å². The van der Waals surface area contributed by atoms with Gasteiger partial charge in [0.05, 0.1) is 11.5 Å². The van der Waals surface area contributed by atoms with Gasteiger partial charge < -0.3 is 10.2 Å². The maximum atomic E-state index is 11.5. The summed E-state index contributed by atoms with van der Waals surface area (Å²) in [5.41, 5.74) is 0. The lowest BCUT2D eigenvalue weighted by Gasteiger charge is -2.33. The Kier molecular flexibility index (Phi) is 5.90. The number of likely N-dealkylation sites (tertiary alicyclic amines) is 1. The van der Waals surface area contributed by atoms with Crippen LogP contribution in [0.5, 0.6) is 0 Å². The van der Waals surface area contributed by atoms with Gasteiger partial charge in [-0.05, 0) is 37.5 Å². The third-order valence-corrected chi connectivity index (χ3v) is 6.28. The average molecular weight is 315 g/mol. The molecular weight excluding hydrogens is 286 g/mol. The van der Waals surface area contributed by atoms with E-state index in [1.807, 2.05) is 0 Å². The van der Waals surface area contributed by atoms with Gasteiger partial charge in [-0.3, -0.25) is 4.99 Å². The van der Waals surface area contributed by atoms with Crippen molar-refractivity contribution in [1.29, 1.82) is 0 Å². The number of sulfone groups is 1. The highest BCUT2D eigenvalue weighted by Crippen LogP contribution is 2.19. The number of rotatable bonds is 4. The highest BCUT2D eigenvalue weighted by atomic mass is 32.2. The van der Waals surface area contributed by atoms with Crippen LogP contribution in [0.3, 0.4) is 0 Å². The maximum Gasteiger partial charge on any atom is 0.193 e. The highest BCUT2D eigenvalue weighted by molar-refractivity contribution is 7.91. The molecule has 0 amide bonds. The van der Waals surface area contributed by atoms with Crippen molar-refractivity contribution in [3.05, 3.63) is 0 Å². The van der Waals surface area contributed by atoms with Crippen LogP contribution in [0, 0.1) is 11.8 Å². The smallest absolute Gasteiger partial charge is 0.193 e. The summed E-state index contributed by atoms with van der Waals surface area (Å²) in [4.78, 5) is 7.06. The standard InChI is InChI=1S/C15H29N3O2S/c1-3-7-16-15(18-8-4-13(2)5-9-18)17-11-14-6-10-21(19,20)12-14/h13-14H,3-12H2,1-2H3,(H,16,17). The van der Waals surface area contributed by atoms with Crippen molar-refractivity contribution in [3.8, 4) is 0 Å². The lowest BCUT2D eigenvalue weighted by atomic mass is 9.99. The Hall–Kier alpha value is -0.780. The first-order valence-electron chi connectivity index (χ1n) is 8.24. The second-order valence-corrected chi connectivity index (χ2v) is 8.76. The summed E-state index contributed by atoms with van der Waals surface area (Å²) in [6.45, 7) is 8.12. The second-order valence-electron chi connectivity index (χ2n) is 6.53. The van der Waals surface area contributed by atoms with Crippen molar-refractivity contribution in [2.75, 3.05) is 37.7 Å². The van der Waals surface area contributed by atoms with Crippen molar-refractivity contribution >= 4 is 15.8 Å². The van der Waals surface area contributed by atoms with Crippen LogP contribution in [0.25, 0.3) is 0 Å². The molecule has 2 heterocycles. The van der Waals surface area contributed by atoms with E-state index in [1.165, 1.54) is 12.8 Å². The fourth-order valence-corrected chi connectivity index (χ4v) is 4.81. The predicted octanol–water partition coefficient (Wildman–Crippen LogP) is 1.51. The third-order valence-electron chi connectivity index (χ3n) is 4.44. The number of hydrogen-bond donors (Lipinski definition) is 1. The van der Waals surface area contributed by atoms with Gasteiger partial charge in [-0.15, -0.1) is 0 Å². The zero-order valence-electron chi connectivity index (χ0n) is 13.3.